The molecule has 1 unspecified atom stereocenters. The van der Waals surface area contributed by atoms with Crippen LogP contribution in [0.15, 0.2) is 30.3 Å². The maximum absolute atomic E-state index is 12.2. The quantitative estimate of drug-likeness (QED) is 0.812. The summed E-state index contributed by atoms with van der Waals surface area (Å²) in [5, 5.41) is 3.00. The van der Waals surface area contributed by atoms with E-state index in [-0.39, 0.29) is 19.1 Å². The van der Waals surface area contributed by atoms with Gasteiger partial charge in [-0.25, -0.2) is 0 Å². The number of ether oxygens (including phenoxy) is 1. The van der Waals surface area contributed by atoms with Crippen molar-refractivity contribution < 1.29 is 17.9 Å². The number of likely N-dealkylation sites (N-methyl/N-ethyl adjacent to an activating group) is 1. The van der Waals surface area contributed by atoms with Crippen molar-refractivity contribution in [2.45, 2.75) is 32.0 Å². The molecule has 18 heavy (non-hydrogen) atoms. The lowest BCUT2D eigenvalue weighted by Gasteiger charge is -2.19. The average Bonchev–Trinajstić information content (AvgIpc) is 2.33. The minimum absolute atomic E-state index is 0.0319. The van der Waals surface area contributed by atoms with Crippen LogP contribution in [0.1, 0.15) is 19.8 Å². The molecule has 102 valence electrons. The molecule has 1 N–H and O–H groups in total. The third-order valence-corrected chi connectivity index (χ3v) is 2.46. The molecule has 0 bridgehead atoms. The molecule has 0 aliphatic heterocycles. The summed E-state index contributed by atoms with van der Waals surface area (Å²) in [5.74, 6) is 0.674. The number of benzene rings is 1. The first-order chi connectivity index (χ1) is 8.51. The highest BCUT2D eigenvalue weighted by Crippen LogP contribution is 2.22. The number of halogens is 3. The standard InChI is InChI=1S/C13H18F3NO/c1-2-17-11(8-9-13(14,15)16)10-18-12-6-4-3-5-7-12/h3-7,11,17H,2,8-10H2,1H3. The van der Waals surface area contributed by atoms with Gasteiger partial charge >= 0.3 is 6.18 Å². The van der Waals surface area contributed by atoms with E-state index in [1.54, 1.807) is 12.1 Å². The third-order valence-electron chi connectivity index (χ3n) is 2.46. The predicted molar refractivity (Wildman–Crippen MR) is 64.7 cm³/mol. The first-order valence-electron chi connectivity index (χ1n) is 5.99. The van der Waals surface area contributed by atoms with Gasteiger partial charge in [-0.1, -0.05) is 25.1 Å². The number of alkyl halides is 3. The van der Waals surface area contributed by atoms with E-state index in [1.807, 2.05) is 25.1 Å². The van der Waals surface area contributed by atoms with Crippen molar-refractivity contribution in [3.05, 3.63) is 30.3 Å². The van der Waals surface area contributed by atoms with Crippen molar-refractivity contribution in [3.63, 3.8) is 0 Å². The summed E-state index contributed by atoms with van der Waals surface area (Å²) in [4.78, 5) is 0. The van der Waals surface area contributed by atoms with Crippen LogP contribution < -0.4 is 10.1 Å². The molecule has 1 rings (SSSR count). The Labute approximate surface area is 105 Å². The van der Waals surface area contributed by atoms with E-state index in [9.17, 15) is 13.2 Å². The summed E-state index contributed by atoms with van der Waals surface area (Å²) in [6.07, 6.45) is -4.87. The van der Waals surface area contributed by atoms with Crippen LogP contribution in [0.3, 0.4) is 0 Å². The van der Waals surface area contributed by atoms with Crippen LogP contribution in [-0.4, -0.2) is 25.4 Å². The molecule has 0 radical (unpaired) electrons. The Balaban J connectivity index is 2.38. The first kappa shape index (κ1) is 14.8. The van der Waals surface area contributed by atoms with Gasteiger partial charge in [-0.05, 0) is 25.1 Å². The van der Waals surface area contributed by atoms with Gasteiger partial charge in [0.2, 0.25) is 0 Å². The van der Waals surface area contributed by atoms with E-state index < -0.39 is 12.6 Å². The van der Waals surface area contributed by atoms with Crippen LogP contribution >= 0.6 is 0 Å². The lowest BCUT2D eigenvalue weighted by atomic mass is 10.1. The number of hydrogen-bond acceptors (Lipinski definition) is 2. The molecule has 0 aliphatic carbocycles. The number of nitrogens with one attached hydrogen (secondary N) is 1. The normalized spacial score (nSPS) is 13.3. The molecule has 0 amide bonds. The highest BCUT2D eigenvalue weighted by molar-refractivity contribution is 5.20. The van der Waals surface area contributed by atoms with Crippen molar-refractivity contribution >= 4 is 0 Å². The molecular formula is C13H18F3NO. The van der Waals surface area contributed by atoms with Crippen molar-refractivity contribution in [2.24, 2.45) is 0 Å². The Morgan fingerprint density at radius 3 is 2.44 bits per heavy atom. The zero-order valence-corrected chi connectivity index (χ0v) is 10.3. The van der Waals surface area contributed by atoms with Gasteiger partial charge in [-0.3, -0.25) is 0 Å². The number of hydrogen-bond donors (Lipinski definition) is 1. The van der Waals surface area contributed by atoms with Crippen LogP contribution in [-0.2, 0) is 0 Å². The molecule has 0 fully saturated rings. The molecule has 1 aromatic carbocycles. The van der Waals surface area contributed by atoms with E-state index in [0.717, 1.165) is 0 Å². The van der Waals surface area contributed by atoms with Gasteiger partial charge in [0.05, 0.1) is 0 Å². The highest BCUT2D eigenvalue weighted by Gasteiger charge is 2.28. The summed E-state index contributed by atoms with van der Waals surface area (Å²) >= 11 is 0. The summed E-state index contributed by atoms with van der Waals surface area (Å²) in [6.45, 7) is 2.73. The lowest BCUT2D eigenvalue weighted by Crippen LogP contribution is -2.35. The fraction of sp³-hybridized carbons (Fsp3) is 0.538. The summed E-state index contributed by atoms with van der Waals surface area (Å²) < 4.78 is 41.9. The second kappa shape index (κ2) is 7.26. The van der Waals surface area contributed by atoms with Gasteiger partial charge in [0.1, 0.15) is 12.4 Å². The second-order valence-corrected chi connectivity index (χ2v) is 4.03. The van der Waals surface area contributed by atoms with Crippen molar-refractivity contribution in [1.29, 1.82) is 0 Å². The van der Waals surface area contributed by atoms with Crippen molar-refractivity contribution in [2.75, 3.05) is 13.2 Å². The molecule has 5 heteroatoms. The zero-order valence-electron chi connectivity index (χ0n) is 10.3. The van der Waals surface area contributed by atoms with Gasteiger partial charge in [-0.15, -0.1) is 0 Å². The van der Waals surface area contributed by atoms with Crippen LogP contribution in [0.2, 0.25) is 0 Å². The molecule has 0 aromatic heterocycles. The van der Waals surface area contributed by atoms with Crippen LogP contribution in [0, 0.1) is 0 Å². The van der Waals surface area contributed by atoms with E-state index in [2.05, 4.69) is 5.32 Å². The monoisotopic (exact) mass is 261 g/mol. The van der Waals surface area contributed by atoms with Crippen LogP contribution in [0.4, 0.5) is 13.2 Å². The number of rotatable bonds is 7. The first-order valence-corrected chi connectivity index (χ1v) is 5.99. The maximum atomic E-state index is 12.2. The van der Waals surface area contributed by atoms with Gasteiger partial charge in [0.25, 0.3) is 0 Å². The number of para-hydroxylation sites is 1. The fourth-order valence-electron chi connectivity index (χ4n) is 1.58. The molecule has 0 aliphatic rings. The Bertz CT molecular complexity index is 327. The molecular weight excluding hydrogens is 243 g/mol. The Morgan fingerprint density at radius 1 is 1.22 bits per heavy atom. The van der Waals surface area contributed by atoms with E-state index in [4.69, 9.17) is 4.74 Å². The van der Waals surface area contributed by atoms with Gasteiger partial charge in [0.15, 0.2) is 0 Å². The predicted octanol–water partition coefficient (Wildman–Crippen LogP) is 3.39. The molecule has 0 heterocycles. The zero-order chi connectivity index (χ0) is 13.4. The molecule has 2 nitrogen and oxygen atoms in total. The lowest BCUT2D eigenvalue weighted by molar-refractivity contribution is -0.137. The van der Waals surface area contributed by atoms with Crippen molar-refractivity contribution in [1.82, 2.24) is 5.32 Å². The van der Waals surface area contributed by atoms with Gasteiger partial charge < -0.3 is 10.1 Å². The smallest absolute Gasteiger partial charge is 0.389 e. The van der Waals surface area contributed by atoms with Crippen molar-refractivity contribution in [3.8, 4) is 5.75 Å². The minimum atomic E-state index is -4.11. The SMILES string of the molecule is CCNC(CCC(F)(F)F)COc1ccccc1. The van der Waals surface area contributed by atoms with E-state index in [0.29, 0.717) is 12.3 Å². The van der Waals surface area contributed by atoms with E-state index in [1.165, 1.54) is 0 Å². The van der Waals surface area contributed by atoms with Gasteiger partial charge in [-0.2, -0.15) is 13.2 Å². The molecule has 1 aromatic rings. The van der Waals surface area contributed by atoms with Crippen LogP contribution in [0.25, 0.3) is 0 Å². The summed E-state index contributed by atoms with van der Waals surface area (Å²) in [5.41, 5.74) is 0. The maximum Gasteiger partial charge on any atom is 0.389 e. The Kier molecular flexibility index (Phi) is 5.98. The third kappa shape index (κ3) is 6.49. The highest BCUT2D eigenvalue weighted by atomic mass is 19.4. The topological polar surface area (TPSA) is 21.3 Å². The Hall–Kier alpha value is -1.23. The molecule has 0 saturated carbocycles. The van der Waals surface area contributed by atoms with Gasteiger partial charge in [0, 0.05) is 12.5 Å². The van der Waals surface area contributed by atoms with Crippen LogP contribution in [0.5, 0.6) is 5.75 Å². The average molecular weight is 261 g/mol. The summed E-state index contributed by atoms with van der Waals surface area (Å²) in [7, 11) is 0. The molecule has 0 saturated heterocycles. The fourth-order valence-corrected chi connectivity index (χ4v) is 1.58. The largest absolute Gasteiger partial charge is 0.492 e. The molecule has 1 atom stereocenters. The summed E-state index contributed by atoms with van der Waals surface area (Å²) in [6, 6.07) is 8.80. The Morgan fingerprint density at radius 2 is 1.89 bits per heavy atom. The van der Waals surface area contributed by atoms with E-state index >= 15 is 0 Å². The minimum Gasteiger partial charge on any atom is -0.492 e. The second-order valence-electron chi connectivity index (χ2n) is 4.03. The molecule has 0 spiro atoms.